The molecule has 0 saturated carbocycles. The van der Waals surface area contributed by atoms with Gasteiger partial charge in [-0.2, -0.15) is 0 Å². The van der Waals surface area contributed by atoms with Gasteiger partial charge in [-0.1, -0.05) is 6.07 Å². The quantitative estimate of drug-likeness (QED) is 0.738. The molecule has 6 heteroatoms. The number of hydrogen-bond donors (Lipinski definition) is 0. The number of rotatable bonds is 3. The number of fused-ring (bicyclic) bond motifs is 1. The summed E-state index contributed by atoms with van der Waals surface area (Å²) in [6.45, 7) is 1.76. The molecule has 20 heavy (non-hydrogen) atoms. The first-order valence-corrected chi connectivity index (χ1v) is 7.37. The van der Waals surface area contributed by atoms with Gasteiger partial charge in [-0.25, -0.2) is 4.98 Å². The third-order valence-electron chi connectivity index (χ3n) is 2.96. The van der Waals surface area contributed by atoms with Crippen molar-refractivity contribution in [3.8, 4) is 0 Å². The number of nitrogens with zero attached hydrogens (tertiary/aromatic N) is 2. The van der Waals surface area contributed by atoms with Crippen molar-refractivity contribution >= 4 is 16.4 Å². The van der Waals surface area contributed by atoms with Crippen LogP contribution in [-0.4, -0.2) is 13.6 Å². The number of hydrogen-bond acceptors (Lipinski definition) is 4. The first kappa shape index (κ1) is 12.8. The minimum absolute atomic E-state index is 0.175. The third kappa shape index (κ3) is 2.30. The smallest absolute Gasteiger partial charge is 0.258 e. The Hall–Kier alpha value is -2.21. The summed E-state index contributed by atoms with van der Waals surface area (Å²) in [7, 11) is -1.27. The predicted molar refractivity (Wildman–Crippen MR) is 75.0 cm³/mol. The van der Waals surface area contributed by atoms with Crippen LogP contribution in [0.3, 0.4) is 0 Å². The van der Waals surface area contributed by atoms with Crippen molar-refractivity contribution in [2.45, 2.75) is 17.6 Å². The van der Waals surface area contributed by atoms with Crippen LogP contribution in [-0.2, 0) is 16.6 Å². The van der Waals surface area contributed by atoms with E-state index in [-0.39, 0.29) is 11.3 Å². The van der Waals surface area contributed by atoms with Gasteiger partial charge >= 0.3 is 0 Å². The van der Waals surface area contributed by atoms with E-state index in [2.05, 4.69) is 4.98 Å². The van der Waals surface area contributed by atoms with E-state index in [1.165, 1.54) is 16.7 Å². The van der Waals surface area contributed by atoms with Gasteiger partial charge in [0, 0.05) is 12.3 Å². The molecule has 0 amide bonds. The third-order valence-corrected chi connectivity index (χ3v) is 4.43. The van der Waals surface area contributed by atoms with Gasteiger partial charge in [-0.05, 0) is 25.1 Å². The van der Waals surface area contributed by atoms with Crippen LogP contribution in [0, 0.1) is 6.92 Å². The van der Waals surface area contributed by atoms with Crippen molar-refractivity contribution < 1.29 is 8.63 Å². The first-order chi connectivity index (χ1) is 9.65. The Labute approximate surface area is 117 Å². The number of aryl methyl sites for hydroxylation is 1. The number of aromatic nitrogens is 2. The average Bonchev–Trinajstić information content (AvgIpc) is 2.85. The molecule has 0 spiro atoms. The van der Waals surface area contributed by atoms with Crippen molar-refractivity contribution in [2.75, 3.05) is 0 Å². The van der Waals surface area contributed by atoms with Gasteiger partial charge < -0.3 is 4.42 Å². The van der Waals surface area contributed by atoms with E-state index in [0.717, 1.165) is 0 Å². The van der Waals surface area contributed by atoms with Gasteiger partial charge in [0.2, 0.25) is 0 Å². The Morgan fingerprint density at radius 1 is 1.35 bits per heavy atom. The molecule has 0 N–H and O–H groups in total. The fourth-order valence-corrected chi connectivity index (χ4v) is 3.15. The SMILES string of the molecule is Cc1occc1[S@](=O)Cc1cc(=O)n2ccccc2n1. The Morgan fingerprint density at radius 2 is 2.20 bits per heavy atom. The molecule has 0 aliphatic heterocycles. The maximum absolute atomic E-state index is 12.2. The minimum Gasteiger partial charge on any atom is -0.468 e. The van der Waals surface area contributed by atoms with Crippen LogP contribution in [0.15, 0.2) is 56.9 Å². The molecule has 0 bridgehead atoms. The highest BCUT2D eigenvalue weighted by Gasteiger charge is 2.12. The van der Waals surface area contributed by atoms with Crippen LogP contribution in [0.1, 0.15) is 11.5 Å². The Kier molecular flexibility index (Phi) is 3.23. The summed E-state index contributed by atoms with van der Waals surface area (Å²) >= 11 is 0. The molecule has 5 nitrogen and oxygen atoms in total. The molecule has 3 aromatic rings. The zero-order valence-electron chi connectivity index (χ0n) is 10.8. The topological polar surface area (TPSA) is 64.6 Å². The summed E-state index contributed by atoms with van der Waals surface area (Å²) in [6, 6.07) is 8.42. The van der Waals surface area contributed by atoms with Gasteiger partial charge in [0.05, 0.1) is 33.4 Å². The molecule has 0 fully saturated rings. The van der Waals surface area contributed by atoms with E-state index >= 15 is 0 Å². The van der Waals surface area contributed by atoms with E-state index in [9.17, 15) is 9.00 Å². The molecular formula is C14H12N2O3S. The molecule has 0 aliphatic carbocycles. The zero-order chi connectivity index (χ0) is 14.1. The Balaban J connectivity index is 1.98. The molecule has 3 aromatic heterocycles. The van der Waals surface area contributed by atoms with E-state index in [1.807, 2.05) is 6.07 Å². The summed E-state index contributed by atoms with van der Waals surface area (Å²) in [4.78, 5) is 16.9. The molecular weight excluding hydrogens is 276 g/mol. The summed E-state index contributed by atoms with van der Waals surface area (Å²) in [6.07, 6.45) is 3.16. The van der Waals surface area contributed by atoms with Crippen LogP contribution in [0.4, 0.5) is 0 Å². The van der Waals surface area contributed by atoms with Crippen LogP contribution >= 0.6 is 0 Å². The summed E-state index contributed by atoms with van der Waals surface area (Å²) in [5.41, 5.74) is 0.891. The van der Waals surface area contributed by atoms with Gasteiger partial charge in [0.15, 0.2) is 0 Å². The highest BCUT2D eigenvalue weighted by atomic mass is 32.2. The van der Waals surface area contributed by atoms with Crippen LogP contribution < -0.4 is 5.56 Å². The number of pyridine rings is 1. The van der Waals surface area contributed by atoms with Crippen molar-refractivity contribution in [1.82, 2.24) is 9.38 Å². The lowest BCUT2D eigenvalue weighted by Crippen LogP contribution is -2.15. The van der Waals surface area contributed by atoms with Crippen LogP contribution in [0.5, 0.6) is 0 Å². The number of furan rings is 1. The average molecular weight is 288 g/mol. The van der Waals surface area contributed by atoms with Gasteiger partial charge in [0.25, 0.3) is 5.56 Å². The summed E-state index contributed by atoms with van der Waals surface area (Å²) < 4.78 is 18.8. The first-order valence-electron chi connectivity index (χ1n) is 6.05. The molecule has 0 aromatic carbocycles. The molecule has 3 rings (SSSR count). The fourth-order valence-electron chi connectivity index (χ4n) is 2.00. The molecule has 0 saturated heterocycles. The molecule has 3 heterocycles. The van der Waals surface area contributed by atoms with Crippen molar-refractivity contribution in [3.05, 3.63) is 64.6 Å². The van der Waals surface area contributed by atoms with Gasteiger partial charge in [-0.15, -0.1) is 0 Å². The second-order valence-corrected chi connectivity index (χ2v) is 5.76. The van der Waals surface area contributed by atoms with Crippen LogP contribution in [0.2, 0.25) is 0 Å². The lowest BCUT2D eigenvalue weighted by Gasteiger charge is -2.03. The lowest BCUT2D eigenvalue weighted by atomic mass is 10.4. The maximum atomic E-state index is 12.2. The largest absolute Gasteiger partial charge is 0.468 e. The van der Waals surface area contributed by atoms with E-state index in [0.29, 0.717) is 22.0 Å². The van der Waals surface area contributed by atoms with Crippen molar-refractivity contribution in [1.29, 1.82) is 0 Å². The molecule has 0 aliphatic rings. The summed E-state index contributed by atoms with van der Waals surface area (Å²) in [5.74, 6) is 0.821. The normalized spacial score (nSPS) is 12.7. The second kappa shape index (κ2) is 5.05. The Bertz CT molecular complexity index is 851. The van der Waals surface area contributed by atoms with Crippen molar-refractivity contribution in [2.24, 2.45) is 0 Å². The molecule has 1 atom stereocenters. The van der Waals surface area contributed by atoms with Gasteiger partial charge in [-0.3, -0.25) is 13.4 Å². The lowest BCUT2D eigenvalue weighted by molar-refractivity contribution is 0.526. The standard InChI is InChI=1S/C14H12N2O3S/c1-10-12(5-7-19-10)20(18)9-11-8-14(17)16-6-3-2-4-13(16)15-11/h2-8H,9H2,1H3/t20-/m1/s1. The minimum atomic E-state index is -1.27. The van der Waals surface area contributed by atoms with E-state index < -0.39 is 10.8 Å². The van der Waals surface area contributed by atoms with Crippen molar-refractivity contribution in [3.63, 3.8) is 0 Å². The highest BCUT2D eigenvalue weighted by molar-refractivity contribution is 7.84. The predicted octanol–water partition coefficient (Wildman–Crippen LogP) is 1.90. The summed E-state index contributed by atoms with van der Waals surface area (Å²) in [5, 5.41) is 0. The molecule has 0 radical (unpaired) electrons. The van der Waals surface area contributed by atoms with Crippen LogP contribution in [0.25, 0.3) is 5.65 Å². The molecule has 0 unspecified atom stereocenters. The Morgan fingerprint density at radius 3 is 2.95 bits per heavy atom. The molecule has 102 valence electrons. The fraction of sp³-hybridized carbons (Fsp3) is 0.143. The zero-order valence-corrected chi connectivity index (χ0v) is 11.6. The maximum Gasteiger partial charge on any atom is 0.258 e. The second-order valence-electron chi connectivity index (χ2n) is 4.35. The monoisotopic (exact) mass is 288 g/mol. The van der Waals surface area contributed by atoms with E-state index in [1.54, 1.807) is 31.3 Å². The van der Waals surface area contributed by atoms with Gasteiger partial charge in [0.1, 0.15) is 11.4 Å². The highest BCUT2D eigenvalue weighted by Crippen LogP contribution is 2.16. The van der Waals surface area contributed by atoms with E-state index in [4.69, 9.17) is 4.42 Å².